The Balaban J connectivity index is 1.98. The highest BCUT2D eigenvalue weighted by atomic mass is 32.2. The van der Waals surface area contributed by atoms with Crippen LogP contribution < -0.4 is 5.32 Å². The van der Waals surface area contributed by atoms with Gasteiger partial charge in [0, 0.05) is 30.5 Å². The van der Waals surface area contributed by atoms with Crippen molar-refractivity contribution in [1.82, 2.24) is 5.32 Å². The first kappa shape index (κ1) is 11.6. The van der Waals surface area contributed by atoms with E-state index in [1.807, 2.05) is 18.7 Å². The number of rotatable bonds is 3. The van der Waals surface area contributed by atoms with Crippen LogP contribution in [-0.4, -0.2) is 12.3 Å². The predicted octanol–water partition coefficient (Wildman–Crippen LogP) is 2.98. The summed E-state index contributed by atoms with van der Waals surface area (Å²) in [6, 6.07) is 9.26. The summed E-state index contributed by atoms with van der Waals surface area (Å²) in [5.74, 6) is 8.35. The van der Waals surface area contributed by atoms with Gasteiger partial charge in [0.15, 0.2) is 0 Å². The molecule has 84 valence electrons. The van der Waals surface area contributed by atoms with E-state index in [2.05, 4.69) is 41.4 Å². The summed E-state index contributed by atoms with van der Waals surface area (Å²) in [7, 11) is 0. The minimum Gasteiger partial charge on any atom is -0.308 e. The van der Waals surface area contributed by atoms with Gasteiger partial charge in [0.25, 0.3) is 0 Å². The van der Waals surface area contributed by atoms with Gasteiger partial charge in [-0.05, 0) is 18.1 Å². The van der Waals surface area contributed by atoms with Crippen molar-refractivity contribution in [3.05, 3.63) is 35.4 Å². The average Bonchev–Trinajstić information content (AvgIpc) is 2.35. The van der Waals surface area contributed by atoms with Crippen molar-refractivity contribution in [3.8, 4) is 11.8 Å². The monoisotopic (exact) mass is 231 g/mol. The fraction of sp³-hybridized carbons (Fsp3) is 0.429. The van der Waals surface area contributed by atoms with E-state index in [0.717, 1.165) is 18.7 Å². The Morgan fingerprint density at radius 1 is 1.44 bits per heavy atom. The first-order chi connectivity index (χ1) is 7.92. The molecule has 1 N–H and O–H groups in total. The molecular formula is C14H17NS. The molecule has 1 aromatic carbocycles. The molecule has 0 fully saturated rings. The SMILES string of the molecule is CC#CCCNC1CSCc2ccccc21. The van der Waals surface area contributed by atoms with E-state index in [-0.39, 0.29) is 0 Å². The third kappa shape index (κ3) is 2.81. The molecule has 0 saturated heterocycles. The smallest absolute Gasteiger partial charge is 0.0415 e. The number of thioether (sulfide) groups is 1. The molecule has 1 aromatic rings. The molecule has 1 unspecified atom stereocenters. The van der Waals surface area contributed by atoms with Crippen molar-refractivity contribution >= 4 is 11.8 Å². The van der Waals surface area contributed by atoms with E-state index < -0.39 is 0 Å². The van der Waals surface area contributed by atoms with Crippen LogP contribution in [0.25, 0.3) is 0 Å². The van der Waals surface area contributed by atoms with Crippen LogP contribution in [-0.2, 0) is 5.75 Å². The van der Waals surface area contributed by atoms with Gasteiger partial charge in [-0.1, -0.05) is 24.3 Å². The Labute approximate surface area is 102 Å². The van der Waals surface area contributed by atoms with Crippen molar-refractivity contribution in [3.63, 3.8) is 0 Å². The highest BCUT2D eigenvalue weighted by molar-refractivity contribution is 7.98. The third-order valence-corrected chi connectivity index (χ3v) is 3.87. The van der Waals surface area contributed by atoms with Crippen LogP contribution in [0.15, 0.2) is 24.3 Å². The Morgan fingerprint density at radius 2 is 2.31 bits per heavy atom. The van der Waals surface area contributed by atoms with Crippen LogP contribution in [0.3, 0.4) is 0 Å². The van der Waals surface area contributed by atoms with Gasteiger partial charge >= 0.3 is 0 Å². The van der Waals surface area contributed by atoms with Crippen LogP contribution >= 0.6 is 11.8 Å². The zero-order valence-corrected chi connectivity index (χ0v) is 10.4. The summed E-state index contributed by atoms with van der Waals surface area (Å²) in [6.07, 6.45) is 0.944. The van der Waals surface area contributed by atoms with Gasteiger partial charge in [-0.15, -0.1) is 11.8 Å². The molecule has 2 heteroatoms. The summed E-state index contributed by atoms with van der Waals surface area (Å²) < 4.78 is 0. The Hall–Kier alpha value is -0.910. The van der Waals surface area contributed by atoms with Gasteiger partial charge in [0.2, 0.25) is 0 Å². The van der Waals surface area contributed by atoms with Gasteiger partial charge in [-0.25, -0.2) is 0 Å². The molecule has 0 bridgehead atoms. The second-order valence-electron chi connectivity index (χ2n) is 3.90. The topological polar surface area (TPSA) is 12.0 Å². The predicted molar refractivity (Wildman–Crippen MR) is 71.4 cm³/mol. The fourth-order valence-corrected chi connectivity index (χ4v) is 3.12. The maximum Gasteiger partial charge on any atom is 0.0415 e. The third-order valence-electron chi connectivity index (χ3n) is 2.79. The number of fused-ring (bicyclic) bond motifs is 1. The average molecular weight is 231 g/mol. The molecule has 1 aliphatic rings. The largest absolute Gasteiger partial charge is 0.308 e. The summed E-state index contributed by atoms with van der Waals surface area (Å²) in [5.41, 5.74) is 2.96. The van der Waals surface area contributed by atoms with Gasteiger partial charge in [0.05, 0.1) is 0 Å². The summed E-state index contributed by atoms with van der Waals surface area (Å²) in [5, 5.41) is 3.59. The lowest BCUT2D eigenvalue weighted by molar-refractivity contribution is 0.584. The van der Waals surface area contributed by atoms with Crippen LogP contribution in [0.1, 0.15) is 30.5 Å². The molecule has 0 saturated carbocycles. The summed E-state index contributed by atoms with van der Waals surface area (Å²) in [6.45, 7) is 2.88. The number of nitrogens with one attached hydrogen (secondary N) is 1. The summed E-state index contributed by atoms with van der Waals surface area (Å²) in [4.78, 5) is 0. The minimum absolute atomic E-state index is 0.508. The first-order valence-corrected chi connectivity index (χ1v) is 6.86. The van der Waals surface area contributed by atoms with Crippen molar-refractivity contribution < 1.29 is 0 Å². The maximum atomic E-state index is 3.59. The Morgan fingerprint density at radius 3 is 3.19 bits per heavy atom. The lowest BCUT2D eigenvalue weighted by Crippen LogP contribution is -2.27. The number of benzene rings is 1. The molecule has 0 aliphatic carbocycles. The molecule has 2 rings (SSSR count). The van der Waals surface area contributed by atoms with Gasteiger partial charge < -0.3 is 5.32 Å². The van der Waals surface area contributed by atoms with E-state index in [9.17, 15) is 0 Å². The molecule has 0 radical (unpaired) electrons. The van der Waals surface area contributed by atoms with Crippen molar-refractivity contribution in [2.75, 3.05) is 12.3 Å². The summed E-state index contributed by atoms with van der Waals surface area (Å²) >= 11 is 2.01. The molecule has 0 amide bonds. The molecule has 0 spiro atoms. The molecular weight excluding hydrogens is 214 g/mol. The molecule has 1 atom stereocenters. The van der Waals surface area contributed by atoms with E-state index in [1.54, 1.807) is 0 Å². The highest BCUT2D eigenvalue weighted by Crippen LogP contribution is 2.31. The van der Waals surface area contributed by atoms with E-state index in [0.29, 0.717) is 6.04 Å². The zero-order valence-electron chi connectivity index (χ0n) is 9.62. The minimum atomic E-state index is 0.508. The zero-order chi connectivity index (χ0) is 11.2. The van der Waals surface area contributed by atoms with Crippen LogP contribution in [0.2, 0.25) is 0 Å². The van der Waals surface area contributed by atoms with Gasteiger partial charge in [-0.2, -0.15) is 11.8 Å². The highest BCUT2D eigenvalue weighted by Gasteiger charge is 2.18. The quantitative estimate of drug-likeness (QED) is 0.634. The van der Waals surface area contributed by atoms with Crippen molar-refractivity contribution in [2.45, 2.75) is 25.1 Å². The first-order valence-electron chi connectivity index (χ1n) is 5.70. The van der Waals surface area contributed by atoms with E-state index in [4.69, 9.17) is 0 Å². The normalized spacial score (nSPS) is 18.4. The second kappa shape index (κ2) is 5.98. The maximum absolute atomic E-state index is 3.59. The van der Waals surface area contributed by atoms with Gasteiger partial charge in [-0.3, -0.25) is 0 Å². The Bertz CT molecular complexity index is 403. The van der Waals surface area contributed by atoms with E-state index >= 15 is 0 Å². The lowest BCUT2D eigenvalue weighted by Gasteiger charge is -2.25. The van der Waals surface area contributed by atoms with Gasteiger partial charge in [0.1, 0.15) is 0 Å². The standard InChI is InChI=1S/C14H17NS/c1-2-3-6-9-15-14-11-16-10-12-7-4-5-8-13(12)14/h4-5,7-8,14-15H,6,9-11H2,1H3. The molecule has 16 heavy (non-hydrogen) atoms. The molecule has 1 nitrogen and oxygen atoms in total. The molecule has 0 aromatic heterocycles. The van der Waals surface area contributed by atoms with Crippen LogP contribution in [0.5, 0.6) is 0 Å². The number of hydrogen-bond donors (Lipinski definition) is 1. The second-order valence-corrected chi connectivity index (χ2v) is 4.93. The molecule has 1 heterocycles. The lowest BCUT2D eigenvalue weighted by atomic mass is 10.0. The van der Waals surface area contributed by atoms with E-state index in [1.165, 1.54) is 16.9 Å². The van der Waals surface area contributed by atoms with Crippen molar-refractivity contribution in [1.29, 1.82) is 0 Å². The van der Waals surface area contributed by atoms with Crippen LogP contribution in [0, 0.1) is 11.8 Å². The number of hydrogen-bond acceptors (Lipinski definition) is 2. The Kier molecular flexibility index (Phi) is 4.33. The fourth-order valence-electron chi connectivity index (χ4n) is 1.98. The van der Waals surface area contributed by atoms with Crippen LogP contribution in [0.4, 0.5) is 0 Å². The molecule has 1 aliphatic heterocycles. The van der Waals surface area contributed by atoms with Crippen molar-refractivity contribution in [2.24, 2.45) is 0 Å².